The van der Waals surface area contributed by atoms with Gasteiger partial charge in [0.25, 0.3) is 0 Å². The third kappa shape index (κ3) is 8.49. The Hall–Kier alpha value is -2.82. The van der Waals surface area contributed by atoms with E-state index in [0.717, 1.165) is 0 Å². The van der Waals surface area contributed by atoms with Crippen LogP contribution in [-0.2, 0) is 19.1 Å². The lowest BCUT2D eigenvalue weighted by molar-refractivity contribution is -0.159. The Bertz CT molecular complexity index is 446. The molecule has 4 nitrogen and oxygen atoms in total. The molecule has 0 heterocycles. The zero-order valence-corrected chi connectivity index (χ0v) is 9.62. The molecule has 18 heavy (non-hydrogen) atoms. The molecule has 0 atom stereocenters. The van der Waals surface area contributed by atoms with Gasteiger partial charge in [-0.2, -0.15) is 0 Å². The standard InChI is InChI=1S/C14H10O4/c1-3-5-7-9-11-17-13(15)14(16)18-12-10-8-6-4-2/h1-2H,5-8H2. The summed E-state index contributed by atoms with van der Waals surface area (Å²) in [4.78, 5) is 21.9. The van der Waals surface area contributed by atoms with E-state index < -0.39 is 11.9 Å². The largest absolute Gasteiger partial charge is 0.432 e. The van der Waals surface area contributed by atoms with E-state index in [1.165, 1.54) is 0 Å². The van der Waals surface area contributed by atoms with E-state index >= 15 is 0 Å². The summed E-state index contributed by atoms with van der Waals surface area (Å²) in [6.07, 6.45) is 15.7. The predicted octanol–water partition coefficient (Wildman–Crippen LogP) is 0.821. The van der Waals surface area contributed by atoms with Gasteiger partial charge in [0, 0.05) is 25.7 Å². The minimum Gasteiger partial charge on any atom is -0.364 e. The summed E-state index contributed by atoms with van der Waals surface area (Å²) in [5.41, 5.74) is 0. The van der Waals surface area contributed by atoms with Crippen molar-refractivity contribution in [1.29, 1.82) is 0 Å². The first-order chi connectivity index (χ1) is 8.72. The lowest BCUT2D eigenvalue weighted by Gasteiger charge is -1.91. The lowest BCUT2D eigenvalue weighted by Crippen LogP contribution is -2.16. The van der Waals surface area contributed by atoms with Crippen LogP contribution >= 0.6 is 0 Å². The molecule has 0 aromatic heterocycles. The molecule has 0 saturated heterocycles. The van der Waals surface area contributed by atoms with Crippen LogP contribution in [0.25, 0.3) is 0 Å². The average Bonchev–Trinajstić information content (AvgIpc) is 2.37. The van der Waals surface area contributed by atoms with Crippen LogP contribution < -0.4 is 0 Å². The van der Waals surface area contributed by atoms with Crippen LogP contribution in [0.15, 0.2) is 0 Å². The van der Waals surface area contributed by atoms with E-state index in [-0.39, 0.29) is 0 Å². The van der Waals surface area contributed by atoms with Crippen molar-refractivity contribution in [2.24, 2.45) is 0 Å². The molecule has 4 heteroatoms. The third-order valence-electron chi connectivity index (χ3n) is 1.39. The summed E-state index contributed by atoms with van der Waals surface area (Å²) in [5.74, 6) is 7.17. The molecule has 0 aliphatic heterocycles. The van der Waals surface area contributed by atoms with Crippen molar-refractivity contribution in [3.8, 4) is 48.7 Å². The molecule has 0 spiro atoms. The first kappa shape index (κ1) is 15.2. The lowest BCUT2D eigenvalue weighted by atomic mass is 10.3. The van der Waals surface area contributed by atoms with Gasteiger partial charge >= 0.3 is 11.9 Å². The van der Waals surface area contributed by atoms with Crippen LogP contribution in [0.4, 0.5) is 0 Å². The van der Waals surface area contributed by atoms with E-state index in [4.69, 9.17) is 12.8 Å². The van der Waals surface area contributed by atoms with E-state index in [1.54, 1.807) is 0 Å². The van der Waals surface area contributed by atoms with Crippen molar-refractivity contribution in [1.82, 2.24) is 0 Å². The summed E-state index contributed by atoms with van der Waals surface area (Å²) >= 11 is 0. The molecule has 0 fully saturated rings. The minimum atomic E-state index is -1.23. The van der Waals surface area contributed by atoms with Crippen molar-refractivity contribution < 1.29 is 19.1 Å². The van der Waals surface area contributed by atoms with E-state index in [2.05, 4.69) is 33.2 Å². The molecule has 0 amide bonds. The van der Waals surface area contributed by atoms with Crippen LogP contribution in [0.5, 0.6) is 0 Å². The molecule has 0 aliphatic carbocycles. The molecule has 0 saturated carbocycles. The molecule has 0 aromatic carbocycles. The number of carbonyl (C=O) groups excluding carboxylic acids is 2. The summed E-state index contributed by atoms with van der Waals surface area (Å²) in [5, 5.41) is 0. The number of unbranched alkanes of at least 4 members (excludes halogenated alkanes) is 2. The average molecular weight is 242 g/mol. The number of terminal acetylenes is 2. The number of carbonyl (C=O) groups is 2. The van der Waals surface area contributed by atoms with Crippen molar-refractivity contribution >= 4 is 11.9 Å². The normalized spacial score (nSPS) is 7.22. The van der Waals surface area contributed by atoms with Gasteiger partial charge in [0.05, 0.1) is 0 Å². The number of ether oxygens (including phenoxy) is 2. The van der Waals surface area contributed by atoms with Gasteiger partial charge in [0.2, 0.25) is 0 Å². The Balaban J connectivity index is 3.92. The highest BCUT2D eigenvalue weighted by molar-refractivity contribution is 6.30. The summed E-state index contributed by atoms with van der Waals surface area (Å²) in [6, 6.07) is 0. The predicted molar refractivity (Wildman–Crippen MR) is 63.9 cm³/mol. The monoisotopic (exact) mass is 242 g/mol. The summed E-state index contributed by atoms with van der Waals surface area (Å²) < 4.78 is 8.57. The fraction of sp³-hybridized carbons (Fsp3) is 0.286. The van der Waals surface area contributed by atoms with Crippen LogP contribution in [-0.4, -0.2) is 11.9 Å². The fourth-order valence-electron chi connectivity index (χ4n) is 0.620. The Kier molecular flexibility index (Phi) is 9.01. The van der Waals surface area contributed by atoms with Gasteiger partial charge in [0.1, 0.15) is 12.2 Å². The molecular weight excluding hydrogens is 232 g/mol. The quantitative estimate of drug-likeness (QED) is 0.311. The number of hydrogen-bond donors (Lipinski definition) is 0. The highest BCUT2D eigenvalue weighted by atomic mass is 16.6. The molecule has 0 aromatic rings. The molecule has 90 valence electrons. The highest BCUT2D eigenvalue weighted by Gasteiger charge is 2.16. The molecular formula is C14H10O4. The van der Waals surface area contributed by atoms with Crippen LogP contribution in [0.2, 0.25) is 0 Å². The molecule has 0 rings (SSSR count). The van der Waals surface area contributed by atoms with Gasteiger partial charge < -0.3 is 9.47 Å². The van der Waals surface area contributed by atoms with Crippen molar-refractivity contribution in [3.63, 3.8) is 0 Å². The molecule has 0 unspecified atom stereocenters. The van der Waals surface area contributed by atoms with Gasteiger partial charge in [-0.05, 0) is 0 Å². The van der Waals surface area contributed by atoms with E-state index in [0.29, 0.717) is 25.7 Å². The van der Waals surface area contributed by atoms with Crippen LogP contribution in [0.1, 0.15) is 25.7 Å². The Morgan fingerprint density at radius 2 is 1.17 bits per heavy atom. The van der Waals surface area contributed by atoms with Gasteiger partial charge in [-0.1, -0.05) is 11.8 Å². The number of hydrogen-bond acceptors (Lipinski definition) is 4. The van der Waals surface area contributed by atoms with Gasteiger partial charge in [-0.3, -0.25) is 0 Å². The third-order valence-corrected chi connectivity index (χ3v) is 1.39. The number of esters is 2. The second-order valence-electron chi connectivity index (χ2n) is 2.74. The first-order valence-corrected chi connectivity index (χ1v) is 4.97. The maximum absolute atomic E-state index is 11.0. The van der Waals surface area contributed by atoms with Crippen LogP contribution in [0.3, 0.4) is 0 Å². The molecule has 0 radical (unpaired) electrons. The van der Waals surface area contributed by atoms with E-state index in [9.17, 15) is 9.59 Å². The zero-order chi connectivity index (χ0) is 13.6. The highest BCUT2D eigenvalue weighted by Crippen LogP contribution is 1.86. The Labute approximate surface area is 106 Å². The van der Waals surface area contributed by atoms with Crippen molar-refractivity contribution in [3.05, 3.63) is 0 Å². The second kappa shape index (κ2) is 10.7. The maximum Gasteiger partial charge on any atom is 0.432 e. The van der Waals surface area contributed by atoms with Crippen LogP contribution in [0, 0.1) is 48.7 Å². The fourth-order valence-corrected chi connectivity index (χ4v) is 0.620. The SMILES string of the molecule is C#CCCC#COC(=O)C(=O)OC#CCCC#C. The maximum atomic E-state index is 11.0. The minimum absolute atomic E-state index is 0.380. The summed E-state index contributed by atoms with van der Waals surface area (Å²) in [6.45, 7) is 0. The molecule has 0 N–H and O–H groups in total. The van der Waals surface area contributed by atoms with Gasteiger partial charge in [-0.15, -0.1) is 24.7 Å². The van der Waals surface area contributed by atoms with Gasteiger partial charge in [0.15, 0.2) is 0 Å². The van der Waals surface area contributed by atoms with Gasteiger partial charge in [-0.25, -0.2) is 9.59 Å². The zero-order valence-electron chi connectivity index (χ0n) is 9.62. The van der Waals surface area contributed by atoms with Crippen molar-refractivity contribution in [2.45, 2.75) is 25.7 Å². The topological polar surface area (TPSA) is 52.6 Å². The Morgan fingerprint density at radius 1 is 0.778 bits per heavy atom. The Morgan fingerprint density at radius 3 is 1.50 bits per heavy atom. The number of rotatable bonds is 2. The molecule has 0 bridgehead atoms. The van der Waals surface area contributed by atoms with E-state index in [1.807, 2.05) is 12.2 Å². The summed E-state index contributed by atoms with van der Waals surface area (Å²) in [7, 11) is 0. The second-order valence-corrected chi connectivity index (χ2v) is 2.74. The van der Waals surface area contributed by atoms with Crippen molar-refractivity contribution in [2.75, 3.05) is 0 Å². The first-order valence-electron chi connectivity index (χ1n) is 4.97. The molecule has 0 aliphatic rings. The smallest absolute Gasteiger partial charge is 0.364 e.